The molecule has 1 atom stereocenters. The Hall–Kier alpha value is -1.56. The molecule has 0 fully saturated rings. The Morgan fingerprint density at radius 2 is 1.35 bits per heavy atom. The van der Waals surface area contributed by atoms with Gasteiger partial charge in [0.05, 0.1) is 0 Å². The van der Waals surface area contributed by atoms with Crippen LogP contribution in [-0.2, 0) is 4.79 Å². The van der Waals surface area contributed by atoms with Crippen molar-refractivity contribution in [3.63, 3.8) is 0 Å². The van der Waals surface area contributed by atoms with Crippen molar-refractivity contribution in [1.29, 1.82) is 0 Å². The van der Waals surface area contributed by atoms with Crippen molar-refractivity contribution in [3.05, 3.63) is 12.2 Å². The van der Waals surface area contributed by atoms with E-state index in [0.717, 1.165) is 25.7 Å². The summed E-state index contributed by atoms with van der Waals surface area (Å²) >= 11 is 0. The van der Waals surface area contributed by atoms with Crippen molar-refractivity contribution in [2.24, 2.45) is 5.73 Å². The van der Waals surface area contributed by atoms with E-state index in [1.165, 1.54) is 77.0 Å². The predicted molar refractivity (Wildman–Crippen MR) is 130 cm³/mol. The minimum absolute atomic E-state index is 0.229. The van der Waals surface area contributed by atoms with Gasteiger partial charge in [-0.2, -0.15) is 0 Å². The van der Waals surface area contributed by atoms with Crippen LogP contribution in [0.15, 0.2) is 12.2 Å². The fourth-order valence-corrected chi connectivity index (χ4v) is 3.62. The normalized spacial score (nSPS) is 12.2. The second-order valence-electron chi connectivity index (χ2n) is 8.52. The molecular weight excluding hydrogens is 390 g/mol. The van der Waals surface area contributed by atoms with Gasteiger partial charge in [0.25, 0.3) is 0 Å². The van der Waals surface area contributed by atoms with E-state index in [9.17, 15) is 9.59 Å². The molecule has 0 aliphatic heterocycles. The number of carbonyl (C=O) groups excluding carboxylic acids is 1. The molecule has 0 saturated heterocycles. The highest BCUT2D eigenvalue weighted by Gasteiger charge is 2.19. The quantitative estimate of drug-likeness (QED) is 0.124. The minimum atomic E-state index is -1.16. The first kappa shape index (κ1) is 29.4. The Bertz CT molecular complexity index is 455. The van der Waals surface area contributed by atoms with Crippen molar-refractivity contribution in [2.45, 2.75) is 122 Å². The molecule has 0 rings (SSSR count). The van der Waals surface area contributed by atoms with Gasteiger partial charge in [-0.25, -0.2) is 4.79 Å². The molecule has 6 heteroatoms. The number of unbranched alkanes of at least 4 members (excludes halogenated alkanes) is 13. The molecule has 0 aliphatic rings. The van der Waals surface area contributed by atoms with E-state index < -0.39 is 12.1 Å². The van der Waals surface area contributed by atoms with Crippen molar-refractivity contribution >= 4 is 12.0 Å². The zero-order valence-electron chi connectivity index (χ0n) is 20.0. The van der Waals surface area contributed by atoms with E-state index >= 15 is 0 Å². The smallest absolute Gasteiger partial charge is 0.405 e. The van der Waals surface area contributed by atoms with Gasteiger partial charge >= 0.3 is 6.09 Å². The number of hydrogen-bond acceptors (Lipinski definition) is 3. The van der Waals surface area contributed by atoms with Gasteiger partial charge in [-0.05, 0) is 57.9 Å². The van der Waals surface area contributed by atoms with Crippen molar-refractivity contribution in [3.8, 4) is 0 Å². The summed E-state index contributed by atoms with van der Waals surface area (Å²) in [5.41, 5.74) is 5.46. The van der Waals surface area contributed by atoms with Crippen LogP contribution < -0.4 is 16.4 Å². The first-order valence-electron chi connectivity index (χ1n) is 12.7. The Morgan fingerprint density at radius 3 is 1.90 bits per heavy atom. The molecule has 31 heavy (non-hydrogen) atoms. The zero-order chi connectivity index (χ0) is 23.0. The number of nitrogens with one attached hydrogen (secondary N) is 2. The van der Waals surface area contributed by atoms with Crippen molar-refractivity contribution < 1.29 is 14.7 Å². The molecule has 0 heterocycles. The summed E-state index contributed by atoms with van der Waals surface area (Å²) in [6.45, 7) is 3.42. The highest BCUT2D eigenvalue weighted by Crippen LogP contribution is 2.10. The van der Waals surface area contributed by atoms with Gasteiger partial charge in [0, 0.05) is 6.54 Å². The van der Waals surface area contributed by atoms with Gasteiger partial charge in [-0.15, -0.1) is 0 Å². The molecule has 0 radical (unpaired) electrons. The molecule has 1 unspecified atom stereocenters. The third-order valence-electron chi connectivity index (χ3n) is 5.55. The monoisotopic (exact) mass is 439 g/mol. The molecule has 0 spiro atoms. The first-order valence-corrected chi connectivity index (χ1v) is 12.7. The third-order valence-corrected chi connectivity index (χ3v) is 5.55. The van der Waals surface area contributed by atoms with E-state index in [0.29, 0.717) is 19.5 Å². The lowest BCUT2D eigenvalue weighted by molar-refractivity contribution is -0.123. The number of rotatable bonds is 22. The summed E-state index contributed by atoms with van der Waals surface area (Å²) in [6.07, 6.45) is 23.1. The van der Waals surface area contributed by atoms with Gasteiger partial charge in [-0.3, -0.25) is 4.79 Å². The largest absolute Gasteiger partial charge is 0.465 e. The molecule has 0 aromatic heterocycles. The Labute approximate surface area is 190 Å². The standard InChI is InChI=1S/C25H49N3O3/c1-2-3-4-5-6-7-8-9-10-11-12-13-14-15-16-19-22-27-24(29)23(28-25(30)31)20-17-18-21-26/h9-10,23,28H,2-8,11-22,26H2,1H3,(H,27,29)(H,30,31)/b10-9-. The Kier molecular flexibility index (Phi) is 21.9. The SMILES string of the molecule is CCCCCCCC/C=C\CCCCCCCCNC(=O)C(CCCCN)NC(=O)O. The van der Waals surface area contributed by atoms with Crippen LogP contribution in [0.1, 0.15) is 116 Å². The minimum Gasteiger partial charge on any atom is -0.465 e. The number of allylic oxidation sites excluding steroid dienone is 2. The highest BCUT2D eigenvalue weighted by atomic mass is 16.4. The van der Waals surface area contributed by atoms with Crippen molar-refractivity contribution in [1.82, 2.24) is 10.6 Å². The van der Waals surface area contributed by atoms with E-state index in [1.807, 2.05) is 0 Å². The molecule has 0 saturated carbocycles. The second-order valence-corrected chi connectivity index (χ2v) is 8.52. The maximum atomic E-state index is 12.2. The molecule has 0 aromatic carbocycles. The number of nitrogens with two attached hydrogens (primary N) is 1. The fourth-order valence-electron chi connectivity index (χ4n) is 3.62. The highest BCUT2D eigenvalue weighted by molar-refractivity contribution is 5.85. The number of amides is 2. The van der Waals surface area contributed by atoms with Crippen LogP contribution in [0, 0.1) is 0 Å². The van der Waals surface area contributed by atoms with Crippen LogP contribution in [0.3, 0.4) is 0 Å². The summed E-state index contributed by atoms with van der Waals surface area (Å²) in [5, 5.41) is 14.1. The van der Waals surface area contributed by atoms with Crippen LogP contribution in [0.25, 0.3) is 0 Å². The second kappa shape index (κ2) is 23.1. The molecule has 0 bridgehead atoms. The maximum absolute atomic E-state index is 12.2. The van der Waals surface area contributed by atoms with Crippen LogP contribution >= 0.6 is 0 Å². The lowest BCUT2D eigenvalue weighted by Gasteiger charge is -2.16. The average Bonchev–Trinajstić information content (AvgIpc) is 2.75. The summed E-state index contributed by atoms with van der Waals surface area (Å²) in [6, 6.07) is -0.682. The number of carbonyl (C=O) groups is 2. The Morgan fingerprint density at radius 1 is 0.806 bits per heavy atom. The van der Waals surface area contributed by atoms with E-state index in [2.05, 4.69) is 29.7 Å². The fraction of sp³-hybridized carbons (Fsp3) is 0.840. The Balaban J connectivity index is 3.53. The zero-order valence-corrected chi connectivity index (χ0v) is 20.0. The van der Waals surface area contributed by atoms with Gasteiger partial charge in [0.2, 0.25) is 5.91 Å². The van der Waals surface area contributed by atoms with E-state index in [4.69, 9.17) is 10.8 Å². The lowest BCUT2D eigenvalue weighted by atomic mass is 10.1. The molecule has 0 aromatic rings. The van der Waals surface area contributed by atoms with Gasteiger partial charge < -0.3 is 21.5 Å². The van der Waals surface area contributed by atoms with Crippen LogP contribution in [0.5, 0.6) is 0 Å². The van der Waals surface area contributed by atoms with Gasteiger partial charge in [-0.1, -0.05) is 76.9 Å². The molecule has 182 valence electrons. The molecule has 2 amide bonds. The van der Waals surface area contributed by atoms with Crippen molar-refractivity contribution in [2.75, 3.05) is 13.1 Å². The summed E-state index contributed by atoms with van der Waals surface area (Å²) < 4.78 is 0. The molecular formula is C25H49N3O3. The predicted octanol–water partition coefficient (Wildman–Crippen LogP) is 5.91. The summed E-state index contributed by atoms with van der Waals surface area (Å²) in [7, 11) is 0. The number of carboxylic acid groups (broad SMARTS) is 1. The topological polar surface area (TPSA) is 104 Å². The first-order chi connectivity index (χ1) is 15.1. The van der Waals surface area contributed by atoms with Crippen LogP contribution in [-0.4, -0.2) is 36.2 Å². The third kappa shape index (κ3) is 21.5. The van der Waals surface area contributed by atoms with E-state index in [-0.39, 0.29) is 5.91 Å². The molecule has 6 nitrogen and oxygen atoms in total. The molecule has 0 aliphatic carbocycles. The average molecular weight is 440 g/mol. The summed E-state index contributed by atoms with van der Waals surface area (Å²) in [4.78, 5) is 23.0. The van der Waals surface area contributed by atoms with Gasteiger partial charge in [0.15, 0.2) is 0 Å². The van der Waals surface area contributed by atoms with Crippen LogP contribution in [0.4, 0.5) is 4.79 Å². The maximum Gasteiger partial charge on any atom is 0.405 e. The summed E-state index contributed by atoms with van der Waals surface area (Å²) in [5.74, 6) is -0.229. The van der Waals surface area contributed by atoms with Gasteiger partial charge in [0.1, 0.15) is 6.04 Å². The lowest BCUT2D eigenvalue weighted by Crippen LogP contribution is -2.46. The van der Waals surface area contributed by atoms with E-state index in [1.54, 1.807) is 0 Å². The number of hydrogen-bond donors (Lipinski definition) is 4. The molecule has 5 N–H and O–H groups in total. The van der Waals surface area contributed by atoms with Crippen LogP contribution in [0.2, 0.25) is 0 Å².